The summed E-state index contributed by atoms with van der Waals surface area (Å²) in [5, 5.41) is 9.69. The van der Waals surface area contributed by atoms with Gasteiger partial charge in [-0.3, -0.25) is 0 Å². The molecule has 2 atom stereocenters. The van der Waals surface area contributed by atoms with Gasteiger partial charge in [-0.1, -0.05) is 60.6 Å². The SMILES string of the molecule is C=C(C[C@H](C)CO)C[C@@H](CO[Si](C)(C)C(C)(C)C)O[Si](C)(C)C(C)(C)C. The van der Waals surface area contributed by atoms with Crippen LogP contribution in [0.1, 0.15) is 61.3 Å². The molecule has 0 aliphatic heterocycles. The van der Waals surface area contributed by atoms with E-state index in [1.165, 1.54) is 0 Å². The van der Waals surface area contributed by atoms with Crippen LogP contribution in [0.5, 0.6) is 0 Å². The van der Waals surface area contributed by atoms with Gasteiger partial charge >= 0.3 is 0 Å². The van der Waals surface area contributed by atoms with Crippen molar-refractivity contribution in [1.82, 2.24) is 0 Å². The highest BCUT2D eigenvalue weighted by molar-refractivity contribution is 6.74. The molecule has 156 valence electrons. The molecule has 0 amide bonds. The van der Waals surface area contributed by atoms with Gasteiger partial charge in [-0.2, -0.15) is 0 Å². The average molecular weight is 403 g/mol. The smallest absolute Gasteiger partial charge is 0.192 e. The first-order valence-electron chi connectivity index (χ1n) is 10.0. The molecule has 5 heteroatoms. The van der Waals surface area contributed by atoms with E-state index in [0.717, 1.165) is 18.4 Å². The summed E-state index contributed by atoms with van der Waals surface area (Å²) in [5.41, 5.74) is 1.15. The Morgan fingerprint density at radius 3 is 1.77 bits per heavy atom. The second kappa shape index (κ2) is 9.50. The van der Waals surface area contributed by atoms with E-state index in [9.17, 15) is 5.11 Å². The molecule has 0 fully saturated rings. The van der Waals surface area contributed by atoms with Gasteiger partial charge in [-0.15, -0.1) is 0 Å². The zero-order chi connectivity index (χ0) is 21.0. The van der Waals surface area contributed by atoms with Crippen LogP contribution in [0.2, 0.25) is 36.3 Å². The molecule has 0 radical (unpaired) electrons. The summed E-state index contributed by atoms with van der Waals surface area (Å²) < 4.78 is 13.2. The highest BCUT2D eigenvalue weighted by Crippen LogP contribution is 2.39. The van der Waals surface area contributed by atoms with Crippen molar-refractivity contribution in [1.29, 1.82) is 0 Å². The van der Waals surface area contributed by atoms with Crippen LogP contribution in [-0.2, 0) is 8.85 Å². The number of aliphatic hydroxyl groups excluding tert-OH is 1. The fourth-order valence-corrected chi connectivity index (χ4v) is 4.58. The third kappa shape index (κ3) is 8.38. The van der Waals surface area contributed by atoms with Gasteiger partial charge in [0.1, 0.15) is 0 Å². The molecule has 0 aliphatic carbocycles. The summed E-state index contributed by atoms with van der Waals surface area (Å²) in [5.74, 6) is 0.248. The molecule has 0 aromatic carbocycles. The molecule has 1 N–H and O–H groups in total. The molecule has 0 aromatic heterocycles. The Bertz CT molecular complexity index is 445. The Balaban J connectivity index is 5.20. The predicted molar refractivity (Wildman–Crippen MR) is 120 cm³/mol. The summed E-state index contributed by atoms with van der Waals surface area (Å²) >= 11 is 0. The molecular weight excluding hydrogens is 356 g/mol. The third-order valence-corrected chi connectivity index (χ3v) is 15.2. The summed E-state index contributed by atoms with van der Waals surface area (Å²) in [6, 6.07) is 0. The first-order chi connectivity index (χ1) is 11.4. The van der Waals surface area contributed by atoms with E-state index in [4.69, 9.17) is 8.85 Å². The van der Waals surface area contributed by atoms with Gasteiger partial charge in [0.15, 0.2) is 16.6 Å². The molecule has 0 aliphatic rings. The molecule has 0 saturated carbocycles. The standard InChI is InChI=1S/C21H46O3Si2/c1-17(13-18(2)15-22)14-19(24-26(11,12)21(6,7)8)16-23-25(9,10)20(3,4)5/h18-19,22H,1,13-16H2,2-12H3/t18-,19-/m0/s1. The molecule has 0 spiro atoms. The van der Waals surface area contributed by atoms with Crippen LogP contribution < -0.4 is 0 Å². The topological polar surface area (TPSA) is 38.7 Å². The molecule has 0 heterocycles. The minimum absolute atomic E-state index is 0.0448. The van der Waals surface area contributed by atoms with E-state index < -0.39 is 16.6 Å². The van der Waals surface area contributed by atoms with Crippen LogP contribution in [0.3, 0.4) is 0 Å². The average Bonchev–Trinajstić information content (AvgIpc) is 2.41. The van der Waals surface area contributed by atoms with Crippen molar-refractivity contribution in [3.05, 3.63) is 12.2 Å². The largest absolute Gasteiger partial charge is 0.414 e. The third-order valence-electron chi connectivity index (χ3n) is 6.17. The zero-order valence-electron chi connectivity index (χ0n) is 19.5. The van der Waals surface area contributed by atoms with Crippen LogP contribution in [0, 0.1) is 5.92 Å². The molecule has 0 unspecified atom stereocenters. The van der Waals surface area contributed by atoms with Gasteiger partial charge in [0.2, 0.25) is 0 Å². The van der Waals surface area contributed by atoms with Crippen LogP contribution in [0.15, 0.2) is 12.2 Å². The van der Waals surface area contributed by atoms with Gasteiger partial charge in [0, 0.05) is 6.61 Å². The van der Waals surface area contributed by atoms with Gasteiger partial charge in [-0.25, -0.2) is 0 Å². The summed E-state index contributed by atoms with van der Waals surface area (Å²) in [4.78, 5) is 0. The van der Waals surface area contributed by atoms with E-state index in [0.29, 0.717) is 6.61 Å². The van der Waals surface area contributed by atoms with Crippen molar-refractivity contribution in [3.63, 3.8) is 0 Å². The van der Waals surface area contributed by atoms with E-state index in [1.807, 2.05) is 0 Å². The van der Waals surface area contributed by atoms with Crippen LogP contribution in [0.4, 0.5) is 0 Å². The number of rotatable bonds is 10. The van der Waals surface area contributed by atoms with E-state index in [-0.39, 0.29) is 28.7 Å². The first-order valence-corrected chi connectivity index (χ1v) is 15.8. The maximum Gasteiger partial charge on any atom is 0.192 e. The van der Waals surface area contributed by atoms with Crippen molar-refractivity contribution in [2.75, 3.05) is 13.2 Å². The fraction of sp³-hybridized carbons (Fsp3) is 0.905. The maximum absolute atomic E-state index is 9.33. The van der Waals surface area contributed by atoms with Crippen LogP contribution in [-0.4, -0.2) is 41.1 Å². The summed E-state index contributed by atoms with van der Waals surface area (Å²) in [7, 11) is -3.69. The lowest BCUT2D eigenvalue weighted by atomic mass is 9.99. The van der Waals surface area contributed by atoms with E-state index in [2.05, 4.69) is 81.2 Å². The number of hydrogen-bond acceptors (Lipinski definition) is 3. The molecular formula is C21H46O3Si2. The van der Waals surface area contributed by atoms with Crippen LogP contribution >= 0.6 is 0 Å². The summed E-state index contributed by atoms with van der Waals surface area (Å²) in [6.07, 6.45) is 1.70. The number of aliphatic hydroxyl groups is 1. The van der Waals surface area contributed by atoms with Crippen molar-refractivity contribution < 1.29 is 14.0 Å². The Labute approximate surface area is 165 Å². The second-order valence-corrected chi connectivity index (χ2v) is 20.6. The lowest BCUT2D eigenvalue weighted by Crippen LogP contribution is -2.48. The molecule has 0 rings (SSSR count). The highest BCUT2D eigenvalue weighted by atomic mass is 28.4. The number of hydrogen-bond donors (Lipinski definition) is 1. The Kier molecular flexibility index (Phi) is 9.52. The Morgan fingerprint density at radius 1 is 0.923 bits per heavy atom. The maximum atomic E-state index is 9.33. The zero-order valence-corrected chi connectivity index (χ0v) is 21.5. The van der Waals surface area contributed by atoms with E-state index >= 15 is 0 Å². The fourth-order valence-electron chi connectivity index (χ4n) is 2.21. The summed E-state index contributed by atoms with van der Waals surface area (Å²) in [6.45, 7) is 29.9. The normalized spacial score (nSPS) is 16.5. The minimum atomic E-state index is -1.88. The van der Waals surface area contributed by atoms with Crippen LogP contribution in [0.25, 0.3) is 0 Å². The first kappa shape index (κ1) is 26.1. The van der Waals surface area contributed by atoms with Crippen molar-refractivity contribution >= 4 is 16.6 Å². The van der Waals surface area contributed by atoms with Crippen molar-refractivity contribution in [2.45, 2.75) is 104 Å². The molecule has 26 heavy (non-hydrogen) atoms. The molecule has 0 aromatic rings. The van der Waals surface area contributed by atoms with Gasteiger partial charge in [0.25, 0.3) is 0 Å². The monoisotopic (exact) mass is 402 g/mol. The van der Waals surface area contributed by atoms with Crippen molar-refractivity contribution in [3.8, 4) is 0 Å². The van der Waals surface area contributed by atoms with Gasteiger partial charge in [0.05, 0.1) is 12.7 Å². The minimum Gasteiger partial charge on any atom is -0.414 e. The predicted octanol–water partition coefficient (Wildman–Crippen LogP) is 6.36. The lowest BCUT2D eigenvalue weighted by Gasteiger charge is -2.42. The Hall–Kier alpha value is 0.0538. The van der Waals surface area contributed by atoms with Gasteiger partial charge < -0.3 is 14.0 Å². The lowest BCUT2D eigenvalue weighted by molar-refractivity contribution is 0.106. The van der Waals surface area contributed by atoms with E-state index in [1.54, 1.807) is 0 Å². The van der Waals surface area contributed by atoms with Crippen molar-refractivity contribution in [2.24, 2.45) is 5.92 Å². The molecule has 3 nitrogen and oxygen atoms in total. The Morgan fingerprint density at radius 2 is 1.38 bits per heavy atom. The molecule has 0 saturated heterocycles. The highest BCUT2D eigenvalue weighted by Gasteiger charge is 2.41. The van der Waals surface area contributed by atoms with Gasteiger partial charge in [-0.05, 0) is 55.0 Å². The molecule has 0 bridgehead atoms. The quantitative estimate of drug-likeness (QED) is 0.341. The second-order valence-electron chi connectivity index (χ2n) is 11.0.